The van der Waals surface area contributed by atoms with Crippen molar-refractivity contribution in [2.24, 2.45) is 0 Å². The van der Waals surface area contributed by atoms with Crippen LogP contribution in [-0.2, 0) is 6.42 Å². The molecule has 5 nitrogen and oxygen atoms in total. The number of anilines is 2. The highest BCUT2D eigenvalue weighted by atomic mass is 35.5. The number of rotatable bonds is 5. The van der Waals surface area contributed by atoms with Gasteiger partial charge in [-0.3, -0.25) is 0 Å². The lowest BCUT2D eigenvalue weighted by molar-refractivity contribution is 0.252. The smallest absolute Gasteiger partial charge is 0.319 e. The lowest BCUT2D eigenvalue weighted by atomic mass is 10.1. The minimum atomic E-state index is -0.296. The molecule has 0 aliphatic carbocycles. The van der Waals surface area contributed by atoms with Gasteiger partial charge < -0.3 is 21.1 Å². The molecule has 2 amide bonds. The number of nitrogen functional groups attached to an aromatic ring is 1. The predicted molar refractivity (Wildman–Crippen MR) is 89.6 cm³/mol. The Morgan fingerprint density at radius 2 is 2.05 bits per heavy atom. The SMILES string of the molecule is COc1ccccc1CCNC(=O)Nc1ccc(N)c(Cl)c1. The molecule has 2 rings (SSSR count). The first-order valence-electron chi connectivity index (χ1n) is 6.82. The van der Waals surface area contributed by atoms with Crippen LogP contribution in [0.2, 0.25) is 5.02 Å². The Morgan fingerprint density at radius 3 is 2.77 bits per heavy atom. The van der Waals surface area contributed by atoms with Crippen LogP contribution in [0, 0.1) is 0 Å². The van der Waals surface area contributed by atoms with Gasteiger partial charge in [-0.1, -0.05) is 29.8 Å². The molecule has 0 spiro atoms. The molecule has 0 aliphatic rings. The maximum atomic E-state index is 11.8. The van der Waals surface area contributed by atoms with E-state index >= 15 is 0 Å². The molecule has 0 unspecified atom stereocenters. The number of nitrogens with two attached hydrogens (primary N) is 1. The van der Waals surface area contributed by atoms with Crippen LogP contribution >= 0.6 is 11.6 Å². The number of hydrogen-bond acceptors (Lipinski definition) is 3. The Morgan fingerprint density at radius 1 is 1.27 bits per heavy atom. The monoisotopic (exact) mass is 319 g/mol. The number of urea groups is 1. The van der Waals surface area contributed by atoms with Gasteiger partial charge >= 0.3 is 6.03 Å². The largest absolute Gasteiger partial charge is 0.496 e. The molecular weight excluding hydrogens is 302 g/mol. The molecule has 0 saturated carbocycles. The van der Waals surface area contributed by atoms with Crippen LogP contribution in [0.4, 0.5) is 16.2 Å². The summed E-state index contributed by atoms with van der Waals surface area (Å²) in [6.45, 7) is 0.495. The van der Waals surface area contributed by atoms with Gasteiger partial charge in [0.15, 0.2) is 0 Å². The van der Waals surface area contributed by atoms with Gasteiger partial charge in [0, 0.05) is 12.2 Å². The molecule has 0 aliphatic heterocycles. The molecule has 0 heterocycles. The van der Waals surface area contributed by atoms with Crippen LogP contribution in [0.5, 0.6) is 5.75 Å². The molecule has 22 heavy (non-hydrogen) atoms. The summed E-state index contributed by atoms with van der Waals surface area (Å²) >= 11 is 5.90. The summed E-state index contributed by atoms with van der Waals surface area (Å²) in [6.07, 6.45) is 0.680. The van der Waals surface area contributed by atoms with Crippen molar-refractivity contribution < 1.29 is 9.53 Å². The van der Waals surface area contributed by atoms with Crippen molar-refractivity contribution >= 4 is 29.0 Å². The summed E-state index contributed by atoms with van der Waals surface area (Å²) in [5.74, 6) is 0.815. The van der Waals surface area contributed by atoms with Gasteiger partial charge in [-0.15, -0.1) is 0 Å². The maximum absolute atomic E-state index is 11.8. The van der Waals surface area contributed by atoms with Gasteiger partial charge in [-0.05, 0) is 36.2 Å². The molecule has 0 atom stereocenters. The van der Waals surface area contributed by atoms with Crippen molar-refractivity contribution in [3.8, 4) is 5.75 Å². The van der Waals surface area contributed by atoms with E-state index in [1.54, 1.807) is 25.3 Å². The predicted octanol–water partition coefficient (Wildman–Crippen LogP) is 3.29. The van der Waals surface area contributed by atoms with E-state index in [0.717, 1.165) is 11.3 Å². The Hall–Kier alpha value is -2.40. The molecule has 0 bridgehead atoms. The number of amides is 2. The van der Waals surface area contributed by atoms with Crippen LogP contribution in [0.25, 0.3) is 0 Å². The first-order chi connectivity index (χ1) is 10.6. The van der Waals surface area contributed by atoms with Crippen molar-refractivity contribution in [2.75, 3.05) is 24.7 Å². The summed E-state index contributed by atoms with van der Waals surface area (Å²) < 4.78 is 5.27. The maximum Gasteiger partial charge on any atom is 0.319 e. The van der Waals surface area contributed by atoms with Crippen molar-refractivity contribution in [2.45, 2.75) is 6.42 Å². The molecule has 0 radical (unpaired) electrons. The van der Waals surface area contributed by atoms with E-state index in [4.69, 9.17) is 22.1 Å². The quantitative estimate of drug-likeness (QED) is 0.740. The molecule has 0 saturated heterocycles. The summed E-state index contributed by atoms with van der Waals surface area (Å²) in [4.78, 5) is 11.8. The van der Waals surface area contributed by atoms with Gasteiger partial charge in [0.2, 0.25) is 0 Å². The standard InChI is InChI=1S/C16H18ClN3O2/c1-22-15-5-3-2-4-11(15)8-9-19-16(21)20-12-6-7-14(18)13(17)10-12/h2-7,10H,8-9,18H2,1H3,(H2,19,20,21). The van der Waals surface area contributed by atoms with Gasteiger partial charge in [0.1, 0.15) is 5.75 Å². The minimum Gasteiger partial charge on any atom is -0.496 e. The Labute approximate surface area is 134 Å². The van der Waals surface area contributed by atoms with Crippen LogP contribution < -0.4 is 21.1 Å². The number of hydrogen-bond donors (Lipinski definition) is 3. The number of carbonyl (C=O) groups excluding carboxylic acids is 1. The summed E-state index contributed by atoms with van der Waals surface area (Å²) in [5, 5.41) is 5.90. The number of nitrogens with one attached hydrogen (secondary N) is 2. The molecule has 4 N–H and O–H groups in total. The summed E-state index contributed by atoms with van der Waals surface area (Å²) in [6, 6.07) is 12.4. The van der Waals surface area contributed by atoms with E-state index in [2.05, 4.69) is 10.6 Å². The fourth-order valence-electron chi connectivity index (χ4n) is 2.00. The first-order valence-corrected chi connectivity index (χ1v) is 7.19. The van der Waals surface area contributed by atoms with E-state index in [9.17, 15) is 4.79 Å². The topological polar surface area (TPSA) is 76.4 Å². The molecule has 116 valence electrons. The highest BCUT2D eigenvalue weighted by Gasteiger charge is 2.05. The summed E-state index contributed by atoms with van der Waals surface area (Å²) in [7, 11) is 1.63. The number of carbonyl (C=O) groups is 1. The second kappa shape index (κ2) is 7.56. The zero-order valence-electron chi connectivity index (χ0n) is 12.2. The lowest BCUT2D eigenvalue weighted by Gasteiger charge is -2.10. The van der Waals surface area contributed by atoms with Crippen LogP contribution in [0.15, 0.2) is 42.5 Å². The van der Waals surface area contributed by atoms with Crippen molar-refractivity contribution in [1.29, 1.82) is 0 Å². The van der Waals surface area contributed by atoms with E-state index < -0.39 is 0 Å². The normalized spacial score (nSPS) is 10.1. The van der Waals surface area contributed by atoms with Crippen molar-refractivity contribution in [3.63, 3.8) is 0 Å². The average Bonchev–Trinajstić information content (AvgIpc) is 2.51. The number of benzene rings is 2. The van der Waals surface area contributed by atoms with E-state index in [1.807, 2.05) is 24.3 Å². The van der Waals surface area contributed by atoms with Crippen LogP contribution in [-0.4, -0.2) is 19.7 Å². The van der Waals surface area contributed by atoms with E-state index in [1.165, 1.54) is 0 Å². The fourth-order valence-corrected chi connectivity index (χ4v) is 2.18. The summed E-state index contributed by atoms with van der Waals surface area (Å²) in [5.41, 5.74) is 7.73. The third kappa shape index (κ3) is 4.30. The van der Waals surface area contributed by atoms with Crippen LogP contribution in [0.1, 0.15) is 5.56 Å². The number of para-hydroxylation sites is 1. The highest BCUT2D eigenvalue weighted by molar-refractivity contribution is 6.33. The average molecular weight is 320 g/mol. The van der Waals surface area contributed by atoms with Crippen molar-refractivity contribution in [1.82, 2.24) is 5.32 Å². The number of ether oxygens (including phenoxy) is 1. The number of methoxy groups -OCH3 is 1. The molecule has 2 aromatic rings. The molecular formula is C16H18ClN3O2. The van der Waals surface area contributed by atoms with Gasteiger partial charge in [0.05, 0.1) is 17.8 Å². The first kappa shape index (κ1) is 16.0. The van der Waals surface area contributed by atoms with Gasteiger partial charge in [-0.2, -0.15) is 0 Å². The lowest BCUT2D eigenvalue weighted by Crippen LogP contribution is -2.30. The van der Waals surface area contributed by atoms with E-state index in [-0.39, 0.29) is 6.03 Å². The molecule has 0 aromatic heterocycles. The number of halogens is 1. The highest BCUT2D eigenvalue weighted by Crippen LogP contribution is 2.22. The van der Waals surface area contributed by atoms with Crippen molar-refractivity contribution in [3.05, 3.63) is 53.1 Å². The van der Waals surface area contributed by atoms with E-state index in [0.29, 0.717) is 29.4 Å². The Balaban J connectivity index is 1.84. The van der Waals surface area contributed by atoms with Crippen LogP contribution in [0.3, 0.4) is 0 Å². The minimum absolute atomic E-state index is 0.296. The molecule has 2 aromatic carbocycles. The second-order valence-corrected chi connectivity index (χ2v) is 5.09. The zero-order chi connectivity index (χ0) is 15.9. The van der Waals surface area contributed by atoms with Gasteiger partial charge in [0.25, 0.3) is 0 Å². The molecule has 0 fully saturated rings. The zero-order valence-corrected chi connectivity index (χ0v) is 13.0. The van der Waals surface area contributed by atoms with Gasteiger partial charge in [-0.25, -0.2) is 4.79 Å². The molecule has 6 heteroatoms. The Kier molecular flexibility index (Phi) is 5.49. The third-order valence-electron chi connectivity index (χ3n) is 3.13. The Bertz CT molecular complexity index is 662. The fraction of sp³-hybridized carbons (Fsp3) is 0.188. The third-order valence-corrected chi connectivity index (χ3v) is 3.46. The second-order valence-electron chi connectivity index (χ2n) is 4.68.